The van der Waals surface area contributed by atoms with Crippen molar-refractivity contribution in [3.05, 3.63) is 45.9 Å². The maximum Gasteiger partial charge on any atom is 0.307 e. The van der Waals surface area contributed by atoms with Crippen LogP contribution in [0.4, 0.5) is 0 Å². The first-order valence-electron chi connectivity index (χ1n) is 10.0. The fraction of sp³-hybridized carbons (Fsp3) is 0.435. The Morgan fingerprint density at radius 2 is 1.68 bits per heavy atom. The molecule has 0 amide bonds. The predicted octanol–water partition coefficient (Wildman–Crippen LogP) is 4.37. The molecule has 168 valence electrons. The number of ether oxygens (including phenoxy) is 4. The van der Waals surface area contributed by atoms with Crippen LogP contribution in [0.2, 0.25) is 0 Å². The highest BCUT2D eigenvalue weighted by molar-refractivity contribution is 9.10. The molecule has 8 heteroatoms. The summed E-state index contributed by atoms with van der Waals surface area (Å²) in [7, 11) is 6.42. The summed E-state index contributed by atoms with van der Waals surface area (Å²) in [5.74, 6) is 1.39. The first-order valence-corrected chi connectivity index (χ1v) is 10.8. The molecule has 2 aromatic carbocycles. The summed E-state index contributed by atoms with van der Waals surface area (Å²) in [5.41, 5.74) is 1.86. The van der Waals surface area contributed by atoms with E-state index < -0.39 is 11.9 Å². The van der Waals surface area contributed by atoms with E-state index in [4.69, 9.17) is 18.9 Å². The minimum atomic E-state index is -0.767. The molecule has 1 aliphatic heterocycles. The second-order valence-electron chi connectivity index (χ2n) is 7.41. The Morgan fingerprint density at radius 1 is 1.00 bits per heavy atom. The molecule has 0 radical (unpaired) electrons. The Balaban J connectivity index is 2.17. The van der Waals surface area contributed by atoms with Gasteiger partial charge in [0, 0.05) is 22.6 Å². The number of rotatable bonds is 8. The molecule has 0 bridgehead atoms. The third kappa shape index (κ3) is 4.91. The van der Waals surface area contributed by atoms with E-state index in [1.807, 2.05) is 30.3 Å². The second-order valence-corrected chi connectivity index (χ2v) is 8.27. The van der Waals surface area contributed by atoms with Gasteiger partial charge in [-0.3, -0.25) is 9.69 Å². The van der Waals surface area contributed by atoms with Gasteiger partial charge in [-0.1, -0.05) is 15.9 Å². The number of nitrogens with zero attached hydrogens (tertiary/aromatic N) is 1. The number of hydrogen-bond donors (Lipinski definition) is 1. The van der Waals surface area contributed by atoms with Crippen LogP contribution < -0.4 is 18.9 Å². The zero-order valence-electron chi connectivity index (χ0n) is 18.2. The van der Waals surface area contributed by atoms with E-state index in [1.165, 1.54) is 0 Å². The number of likely N-dealkylation sites (tertiary alicyclic amines) is 1. The normalized spacial score (nSPS) is 17.6. The van der Waals surface area contributed by atoms with Gasteiger partial charge in [-0.2, -0.15) is 0 Å². The molecule has 1 aliphatic rings. The smallest absolute Gasteiger partial charge is 0.307 e. The Labute approximate surface area is 191 Å². The highest BCUT2D eigenvalue weighted by Gasteiger charge is 2.34. The minimum absolute atomic E-state index is 0.253. The largest absolute Gasteiger partial charge is 0.497 e. The standard InChI is InChI=1S/C23H28BrNO6/c1-28-15-7-8-16(19(10-15)29-2)22(25-9-5-6-14(13-25)23(26)27)17-11-20(30-3)21(31-4)12-18(17)24/h7-8,10-12,14,22H,5-6,9,13H2,1-4H3,(H,26,27). The van der Waals surface area contributed by atoms with Crippen LogP contribution in [0.5, 0.6) is 23.0 Å². The molecule has 0 saturated carbocycles. The number of benzene rings is 2. The van der Waals surface area contributed by atoms with Crippen molar-refractivity contribution >= 4 is 21.9 Å². The minimum Gasteiger partial charge on any atom is -0.497 e. The monoisotopic (exact) mass is 493 g/mol. The summed E-state index contributed by atoms with van der Waals surface area (Å²) in [5, 5.41) is 9.64. The van der Waals surface area contributed by atoms with Crippen LogP contribution in [-0.2, 0) is 4.79 Å². The molecule has 0 aliphatic carbocycles. The summed E-state index contributed by atoms with van der Waals surface area (Å²) in [4.78, 5) is 13.9. The Kier molecular flexibility index (Phi) is 7.67. The Bertz CT molecular complexity index is 935. The lowest BCUT2D eigenvalue weighted by molar-refractivity contribution is -0.143. The average Bonchev–Trinajstić information content (AvgIpc) is 2.80. The lowest BCUT2D eigenvalue weighted by atomic mass is 9.90. The van der Waals surface area contributed by atoms with Gasteiger partial charge >= 0.3 is 5.97 Å². The average molecular weight is 494 g/mol. The van der Waals surface area contributed by atoms with Crippen molar-refractivity contribution in [2.75, 3.05) is 41.5 Å². The number of methoxy groups -OCH3 is 4. The maximum absolute atomic E-state index is 11.7. The third-order valence-electron chi connectivity index (χ3n) is 5.70. The van der Waals surface area contributed by atoms with Crippen molar-refractivity contribution in [3.63, 3.8) is 0 Å². The fourth-order valence-electron chi connectivity index (χ4n) is 4.13. The SMILES string of the molecule is COc1ccc(C(c2cc(OC)c(OC)cc2Br)N2CCCC(C(=O)O)C2)c(OC)c1. The summed E-state index contributed by atoms with van der Waals surface area (Å²) in [6.45, 7) is 1.21. The molecule has 1 N–H and O–H groups in total. The molecular formula is C23H28BrNO6. The van der Waals surface area contributed by atoms with Crippen LogP contribution in [0.15, 0.2) is 34.8 Å². The number of halogens is 1. The fourth-order valence-corrected chi connectivity index (χ4v) is 4.67. The summed E-state index contributed by atoms with van der Waals surface area (Å²) in [6, 6.07) is 9.25. The first-order chi connectivity index (χ1) is 14.9. The zero-order valence-corrected chi connectivity index (χ0v) is 19.8. The zero-order chi connectivity index (χ0) is 22.5. The number of piperidine rings is 1. The number of aliphatic carboxylic acids is 1. The van der Waals surface area contributed by atoms with E-state index in [0.29, 0.717) is 36.0 Å². The number of hydrogen-bond acceptors (Lipinski definition) is 6. The van der Waals surface area contributed by atoms with E-state index in [0.717, 1.165) is 28.6 Å². The van der Waals surface area contributed by atoms with Crippen LogP contribution >= 0.6 is 15.9 Å². The quantitative estimate of drug-likeness (QED) is 0.584. The van der Waals surface area contributed by atoms with Gasteiger partial charge in [0.1, 0.15) is 11.5 Å². The maximum atomic E-state index is 11.7. The van der Waals surface area contributed by atoms with E-state index in [-0.39, 0.29) is 6.04 Å². The molecular weight excluding hydrogens is 466 g/mol. The summed E-state index contributed by atoms with van der Waals surface area (Å²) < 4.78 is 22.9. The Morgan fingerprint density at radius 3 is 2.29 bits per heavy atom. The van der Waals surface area contributed by atoms with Crippen molar-refractivity contribution in [2.24, 2.45) is 5.92 Å². The van der Waals surface area contributed by atoms with Gasteiger partial charge in [-0.15, -0.1) is 0 Å². The van der Waals surface area contributed by atoms with Crippen molar-refractivity contribution in [1.29, 1.82) is 0 Å². The molecule has 0 aromatic heterocycles. The van der Waals surface area contributed by atoms with Crippen LogP contribution in [0.25, 0.3) is 0 Å². The highest BCUT2D eigenvalue weighted by Crippen LogP contribution is 2.44. The van der Waals surface area contributed by atoms with Crippen LogP contribution in [0.3, 0.4) is 0 Å². The van der Waals surface area contributed by atoms with E-state index in [1.54, 1.807) is 28.4 Å². The first kappa shape index (κ1) is 23.2. The molecule has 1 saturated heterocycles. The van der Waals surface area contributed by atoms with E-state index in [2.05, 4.69) is 20.8 Å². The topological polar surface area (TPSA) is 77.5 Å². The third-order valence-corrected chi connectivity index (χ3v) is 6.39. The van der Waals surface area contributed by atoms with Gasteiger partial charge in [0.25, 0.3) is 0 Å². The molecule has 3 rings (SSSR count). The van der Waals surface area contributed by atoms with Crippen molar-refractivity contribution in [3.8, 4) is 23.0 Å². The highest BCUT2D eigenvalue weighted by atomic mass is 79.9. The molecule has 1 heterocycles. The van der Waals surface area contributed by atoms with Gasteiger partial charge in [0.15, 0.2) is 11.5 Å². The molecule has 1 fully saturated rings. The van der Waals surface area contributed by atoms with E-state index in [9.17, 15) is 9.90 Å². The molecule has 7 nitrogen and oxygen atoms in total. The lowest BCUT2D eigenvalue weighted by Crippen LogP contribution is -2.41. The summed E-state index contributed by atoms with van der Waals surface area (Å²) in [6.07, 6.45) is 1.47. The van der Waals surface area contributed by atoms with Gasteiger partial charge in [0.05, 0.1) is 40.4 Å². The molecule has 0 spiro atoms. The predicted molar refractivity (Wildman–Crippen MR) is 121 cm³/mol. The number of carboxylic acid groups (broad SMARTS) is 1. The second kappa shape index (κ2) is 10.2. The molecule has 2 unspecified atom stereocenters. The molecule has 31 heavy (non-hydrogen) atoms. The number of carboxylic acids is 1. The van der Waals surface area contributed by atoms with E-state index >= 15 is 0 Å². The van der Waals surface area contributed by atoms with Crippen LogP contribution in [0.1, 0.15) is 30.0 Å². The van der Waals surface area contributed by atoms with Gasteiger partial charge in [-0.05, 0) is 49.2 Å². The van der Waals surface area contributed by atoms with Gasteiger partial charge in [-0.25, -0.2) is 0 Å². The Hall–Kier alpha value is -2.45. The van der Waals surface area contributed by atoms with Crippen molar-refractivity contribution in [1.82, 2.24) is 4.90 Å². The number of carbonyl (C=O) groups is 1. The van der Waals surface area contributed by atoms with Crippen molar-refractivity contribution in [2.45, 2.75) is 18.9 Å². The van der Waals surface area contributed by atoms with Gasteiger partial charge < -0.3 is 24.1 Å². The van der Waals surface area contributed by atoms with Crippen molar-refractivity contribution < 1.29 is 28.8 Å². The van der Waals surface area contributed by atoms with Gasteiger partial charge in [0.2, 0.25) is 0 Å². The molecule has 2 atom stereocenters. The lowest BCUT2D eigenvalue weighted by Gasteiger charge is -2.38. The summed E-state index contributed by atoms with van der Waals surface area (Å²) >= 11 is 3.69. The van der Waals surface area contributed by atoms with Crippen LogP contribution in [0, 0.1) is 5.92 Å². The molecule has 2 aromatic rings. The van der Waals surface area contributed by atoms with Crippen LogP contribution in [-0.4, -0.2) is 57.5 Å².